The molecule has 0 amide bonds. The average Bonchev–Trinajstić information content (AvgIpc) is 2.47. The second-order valence-electron chi connectivity index (χ2n) is 5.42. The highest BCUT2D eigenvalue weighted by Crippen LogP contribution is 2.36. The summed E-state index contributed by atoms with van der Waals surface area (Å²) in [6.07, 6.45) is 1.08. The van der Waals surface area contributed by atoms with Crippen molar-refractivity contribution in [3.8, 4) is 11.5 Å². The fraction of sp³-hybridized carbons (Fsp3) is 0.333. The summed E-state index contributed by atoms with van der Waals surface area (Å²) in [6, 6.07) is 14.1. The SMILES string of the molecule is CCC(C)c1ccccc1Oc1cc(Br)ccc1C(C)N. The van der Waals surface area contributed by atoms with Crippen LogP contribution in [0.3, 0.4) is 0 Å². The highest BCUT2D eigenvalue weighted by molar-refractivity contribution is 9.10. The van der Waals surface area contributed by atoms with Gasteiger partial charge in [0, 0.05) is 16.1 Å². The van der Waals surface area contributed by atoms with E-state index in [0.717, 1.165) is 28.0 Å². The third kappa shape index (κ3) is 3.86. The molecule has 112 valence electrons. The van der Waals surface area contributed by atoms with Gasteiger partial charge in [-0.25, -0.2) is 0 Å². The predicted molar refractivity (Wildman–Crippen MR) is 92.0 cm³/mol. The molecule has 0 heterocycles. The number of ether oxygens (including phenoxy) is 1. The summed E-state index contributed by atoms with van der Waals surface area (Å²) in [6.45, 7) is 6.38. The molecule has 2 aromatic carbocycles. The zero-order chi connectivity index (χ0) is 15.4. The van der Waals surface area contributed by atoms with Crippen molar-refractivity contribution in [1.29, 1.82) is 0 Å². The number of rotatable bonds is 5. The Labute approximate surface area is 135 Å². The van der Waals surface area contributed by atoms with Gasteiger partial charge in [0.25, 0.3) is 0 Å². The fourth-order valence-corrected chi connectivity index (χ4v) is 2.63. The van der Waals surface area contributed by atoms with Crippen molar-refractivity contribution < 1.29 is 4.74 Å². The molecule has 2 N–H and O–H groups in total. The van der Waals surface area contributed by atoms with Crippen LogP contribution in [0, 0.1) is 0 Å². The zero-order valence-electron chi connectivity index (χ0n) is 12.8. The topological polar surface area (TPSA) is 35.2 Å². The van der Waals surface area contributed by atoms with E-state index in [4.69, 9.17) is 10.5 Å². The molecule has 0 aliphatic heterocycles. The average molecular weight is 348 g/mol. The van der Waals surface area contributed by atoms with Gasteiger partial charge in [0.1, 0.15) is 11.5 Å². The van der Waals surface area contributed by atoms with Crippen molar-refractivity contribution in [2.75, 3.05) is 0 Å². The van der Waals surface area contributed by atoms with E-state index in [2.05, 4.69) is 41.9 Å². The van der Waals surface area contributed by atoms with Crippen molar-refractivity contribution in [3.05, 3.63) is 58.1 Å². The Bertz CT molecular complexity index is 610. The molecule has 2 aromatic rings. The number of para-hydroxylation sites is 1. The summed E-state index contributed by atoms with van der Waals surface area (Å²) in [5, 5.41) is 0. The van der Waals surface area contributed by atoms with Gasteiger partial charge in [0.05, 0.1) is 0 Å². The van der Waals surface area contributed by atoms with Crippen LogP contribution in [-0.2, 0) is 0 Å². The minimum atomic E-state index is -0.0659. The molecule has 0 radical (unpaired) electrons. The van der Waals surface area contributed by atoms with Crippen LogP contribution >= 0.6 is 15.9 Å². The Morgan fingerprint density at radius 2 is 1.76 bits per heavy atom. The normalized spacial score (nSPS) is 13.8. The van der Waals surface area contributed by atoms with Crippen LogP contribution in [0.4, 0.5) is 0 Å². The second kappa shape index (κ2) is 7.10. The summed E-state index contributed by atoms with van der Waals surface area (Å²) < 4.78 is 7.18. The standard InChI is InChI=1S/C18H22BrNO/c1-4-12(2)15-7-5-6-8-17(15)21-18-11-14(19)9-10-16(18)13(3)20/h5-13H,4,20H2,1-3H3. The highest BCUT2D eigenvalue weighted by Gasteiger charge is 2.14. The number of nitrogens with two attached hydrogens (primary N) is 1. The predicted octanol–water partition coefficient (Wildman–Crippen LogP) is 5.77. The van der Waals surface area contributed by atoms with E-state index in [1.165, 1.54) is 5.56 Å². The van der Waals surface area contributed by atoms with Crippen molar-refractivity contribution in [2.24, 2.45) is 5.73 Å². The van der Waals surface area contributed by atoms with Crippen molar-refractivity contribution >= 4 is 15.9 Å². The second-order valence-corrected chi connectivity index (χ2v) is 6.34. The van der Waals surface area contributed by atoms with Gasteiger partial charge in [-0.05, 0) is 43.0 Å². The number of halogens is 1. The Morgan fingerprint density at radius 3 is 2.43 bits per heavy atom. The lowest BCUT2D eigenvalue weighted by Crippen LogP contribution is -2.07. The van der Waals surface area contributed by atoms with Gasteiger partial charge in [0.2, 0.25) is 0 Å². The van der Waals surface area contributed by atoms with Gasteiger partial charge < -0.3 is 10.5 Å². The first kappa shape index (κ1) is 16.1. The number of hydrogen-bond acceptors (Lipinski definition) is 2. The summed E-state index contributed by atoms with van der Waals surface area (Å²) in [5.41, 5.74) is 8.29. The first-order valence-electron chi connectivity index (χ1n) is 7.34. The molecule has 21 heavy (non-hydrogen) atoms. The Balaban J connectivity index is 2.41. The number of hydrogen-bond donors (Lipinski definition) is 1. The molecule has 0 aliphatic rings. The summed E-state index contributed by atoms with van der Waals surface area (Å²) in [7, 11) is 0. The molecule has 0 aliphatic carbocycles. The largest absolute Gasteiger partial charge is 0.457 e. The summed E-state index contributed by atoms with van der Waals surface area (Å²) in [5.74, 6) is 2.19. The van der Waals surface area contributed by atoms with Crippen LogP contribution in [0.1, 0.15) is 50.3 Å². The minimum absolute atomic E-state index is 0.0659. The molecule has 0 spiro atoms. The third-order valence-corrected chi connectivity index (χ3v) is 4.24. The molecule has 0 aromatic heterocycles. The molecule has 0 bridgehead atoms. The Morgan fingerprint density at radius 1 is 1.05 bits per heavy atom. The van der Waals surface area contributed by atoms with Gasteiger partial charge in [-0.1, -0.05) is 54.0 Å². The molecule has 2 nitrogen and oxygen atoms in total. The summed E-state index contributed by atoms with van der Waals surface area (Å²) in [4.78, 5) is 0. The van der Waals surface area contributed by atoms with Gasteiger partial charge in [-0.15, -0.1) is 0 Å². The quantitative estimate of drug-likeness (QED) is 0.744. The van der Waals surface area contributed by atoms with Crippen molar-refractivity contribution in [1.82, 2.24) is 0 Å². The van der Waals surface area contributed by atoms with E-state index in [1.807, 2.05) is 37.3 Å². The van der Waals surface area contributed by atoms with Crippen LogP contribution in [0.2, 0.25) is 0 Å². The maximum Gasteiger partial charge on any atom is 0.133 e. The number of benzene rings is 2. The van der Waals surface area contributed by atoms with E-state index >= 15 is 0 Å². The van der Waals surface area contributed by atoms with Gasteiger partial charge in [0.15, 0.2) is 0 Å². The highest BCUT2D eigenvalue weighted by atomic mass is 79.9. The first-order valence-corrected chi connectivity index (χ1v) is 8.14. The maximum atomic E-state index is 6.20. The van der Waals surface area contributed by atoms with E-state index in [9.17, 15) is 0 Å². The lowest BCUT2D eigenvalue weighted by atomic mass is 9.98. The fourth-order valence-electron chi connectivity index (χ4n) is 2.29. The van der Waals surface area contributed by atoms with Crippen molar-refractivity contribution in [3.63, 3.8) is 0 Å². The first-order chi connectivity index (χ1) is 10.0. The molecule has 2 unspecified atom stereocenters. The zero-order valence-corrected chi connectivity index (χ0v) is 14.4. The molecule has 2 rings (SSSR count). The van der Waals surface area contributed by atoms with Gasteiger partial charge >= 0.3 is 0 Å². The smallest absolute Gasteiger partial charge is 0.133 e. The lowest BCUT2D eigenvalue weighted by molar-refractivity contribution is 0.460. The lowest BCUT2D eigenvalue weighted by Gasteiger charge is -2.18. The van der Waals surface area contributed by atoms with Crippen LogP contribution < -0.4 is 10.5 Å². The van der Waals surface area contributed by atoms with Crippen LogP contribution in [0.25, 0.3) is 0 Å². The summed E-state index contributed by atoms with van der Waals surface area (Å²) >= 11 is 3.50. The van der Waals surface area contributed by atoms with Gasteiger partial charge in [-0.3, -0.25) is 0 Å². The van der Waals surface area contributed by atoms with E-state index in [1.54, 1.807) is 0 Å². The third-order valence-electron chi connectivity index (χ3n) is 3.75. The minimum Gasteiger partial charge on any atom is -0.457 e. The van der Waals surface area contributed by atoms with Gasteiger partial charge in [-0.2, -0.15) is 0 Å². The molecule has 0 fully saturated rings. The molecule has 0 saturated carbocycles. The Hall–Kier alpha value is -1.32. The maximum absolute atomic E-state index is 6.20. The van der Waals surface area contributed by atoms with E-state index < -0.39 is 0 Å². The van der Waals surface area contributed by atoms with Crippen LogP contribution in [0.15, 0.2) is 46.9 Å². The molecular formula is C18H22BrNO. The van der Waals surface area contributed by atoms with Crippen molar-refractivity contribution in [2.45, 2.75) is 39.2 Å². The van der Waals surface area contributed by atoms with Crippen LogP contribution in [0.5, 0.6) is 11.5 Å². The van der Waals surface area contributed by atoms with E-state index in [0.29, 0.717) is 5.92 Å². The Kier molecular flexibility index (Phi) is 5.43. The molecule has 3 heteroatoms. The van der Waals surface area contributed by atoms with Crippen LogP contribution in [-0.4, -0.2) is 0 Å². The molecule has 2 atom stereocenters. The molecule has 0 saturated heterocycles. The van der Waals surface area contributed by atoms with E-state index in [-0.39, 0.29) is 6.04 Å². The monoisotopic (exact) mass is 347 g/mol. The molecular weight excluding hydrogens is 326 g/mol.